The molecular formula is C12H19N3. The molecule has 3 heterocycles. The Labute approximate surface area is 90.9 Å². The Morgan fingerprint density at radius 3 is 3.20 bits per heavy atom. The van der Waals surface area contributed by atoms with E-state index in [1.807, 2.05) is 0 Å². The molecule has 3 rings (SSSR count). The van der Waals surface area contributed by atoms with Crippen molar-refractivity contribution in [2.75, 3.05) is 13.1 Å². The van der Waals surface area contributed by atoms with Gasteiger partial charge in [0.15, 0.2) is 0 Å². The van der Waals surface area contributed by atoms with Crippen LogP contribution >= 0.6 is 0 Å². The first-order valence-corrected chi connectivity index (χ1v) is 6.13. The van der Waals surface area contributed by atoms with Crippen LogP contribution in [0.5, 0.6) is 0 Å². The van der Waals surface area contributed by atoms with E-state index in [1.54, 1.807) is 0 Å². The van der Waals surface area contributed by atoms with E-state index in [1.165, 1.54) is 37.2 Å². The van der Waals surface area contributed by atoms with E-state index in [0.717, 1.165) is 13.1 Å². The Hall–Kier alpha value is -0.830. The third-order valence-corrected chi connectivity index (χ3v) is 3.82. The van der Waals surface area contributed by atoms with E-state index in [9.17, 15) is 0 Å². The van der Waals surface area contributed by atoms with Crippen LogP contribution in [0.1, 0.15) is 49.7 Å². The Bertz CT molecular complexity index is 350. The minimum absolute atomic E-state index is 0.652. The maximum absolute atomic E-state index is 4.65. The van der Waals surface area contributed by atoms with Crippen LogP contribution in [0.25, 0.3) is 0 Å². The highest BCUT2D eigenvalue weighted by Crippen LogP contribution is 2.31. The summed E-state index contributed by atoms with van der Waals surface area (Å²) in [4.78, 5) is 4.65. The van der Waals surface area contributed by atoms with Crippen molar-refractivity contribution in [2.24, 2.45) is 0 Å². The molecule has 0 aliphatic carbocycles. The fourth-order valence-electron chi connectivity index (χ4n) is 2.99. The molecule has 0 saturated carbocycles. The van der Waals surface area contributed by atoms with Crippen molar-refractivity contribution >= 4 is 0 Å². The van der Waals surface area contributed by atoms with Crippen molar-refractivity contribution in [3.8, 4) is 0 Å². The fourth-order valence-corrected chi connectivity index (χ4v) is 2.99. The van der Waals surface area contributed by atoms with Crippen molar-refractivity contribution in [2.45, 2.75) is 44.6 Å². The largest absolute Gasteiger partial charge is 0.329 e. The summed E-state index contributed by atoms with van der Waals surface area (Å²) < 4.78 is 2.50. The quantitative estimate of drug-likeness (QED) is 0.758. The Balaban J connectivity index is 1.97. The maximum Gasteiger partial charge on any atom is 0.113 e. The number of fused-ring (bicyclic) bond motifs is 1. The van der Waals surface area contributed by atoms with Crippen LogP contribution in [-0.2, 0) is 6.42 Å². The molecule has 3 heteroatoms. The molecule has 1 fully saturated rings. The molecule has 0 bridgehead atoms. The molecule has 0 aromatic carbocycles. The number of rotatable bonds is 1. The second kappa shape index (κ2) is 3.63. The van der Waals surface area contributed by atoms with Crippen molar-refractivity contribution < 1.29 is 0 Å². The number of hydrogen-bond donors (Lipinski definition) is 1. The first-order chi connectivity index (χ1) is 7.36. The predicted octanol–water partition coefficient (Wildman–Crippen LogP) is 1.86. The zero-order valence-electron chi connectivity index (χ0n) is 9.37. The third kappa shape index (κ3) is 1.49. The molecule has 1 saturated heterocycles. The van der Waals surface area contributed by atoms with Gasteiger partial charge in [0.1, 0.15) is 5.82 Å². The topological polar surface area (TPSA) is 29.9 Å². The maximum atomic E-state index is 4.65. The highest BCUT2D eigenvalue weighted by atomic mass is 15.1. The van der Waals surface area contributed by atoms with Gasteiger partial charge >= 0.3 is 0 Å². The first-order valence-electron chi connectivity index (χ1n) is 6.13. The van der Waals surface area contributed by atoms with Gasteiger partial charge in [-0.05, 0) is 39.2 Å². The average Bonchev–Trinajstić information content (AvgIpc) is 2.85. The molecule has 15 heavy (non-hydrogen) atoms. The summed E-state index contributed by atoms with van der Waals surface area (Å²) in [7, 11) is 0. The lowest BCUT2D eigenvalue weighted by molar-refractivity contribution is 0.409. The van der Waals surface area contributed by atoms with E-state index in [4.69, 9.17) is 0 Å². The molecule has 1 N–H and O–H groups in total. The Morgan fingerprint density at radius 1 is 1.47 bits per heavy atom. The lowest BCUT2D eigenvalue weighted by Gasteiger charge is -2.25. The third-order valence-electron chi connectivity index (χ3n) is 3.82. The minimum Gasteiger partial charge on any atom is -0.329 e. The highest BCUT2D eigenvalue weighted by molar-refractivity contribution is 5.14. The zero-order chi connectivity index (χ0) is 10.3. The predicted molar refractivity (Wildman–Crippen MR) is 60.1 cm³/mol. The second-order valence-corrected chi connectivity index (χ2v) is 4.91. The van der Waals surface area contributed by atoms with Crippen LogP contribution in [0.3, 0.4) is 0 Å². The highest BCUT2D eigenvalue weighted by Gasteiger charge is 2.26. The van der Waals surface area contributed by atoms with Gasteiger partial charge in [-0.3, -0.25) is 0 Å². The molecule has 0 amide bonds. The number of aromatic nitrogens is 2. The van der Waals surface area contributed by atoms with Gasteiger partial charge in [0.2, 0.25) is 0 Å². The van der Waals surface area contributed by atoms with Crippen molar-refractivity contribution in [3.05, 3.63) is 17.7 Å². The van der Waals surface area contributed by atoms with Gasteiger partial charge < -0.3 is 9.88 Å². The molecule has 1 aromatic heterocycles. The summed E-state index contributed by atoms with van der Waals surface area (Å²) in [6.45, 7) is 4.60. The summed E-state index contributed by atoms with van der Waals surface area (Å²) in [6, 6.07) is 0.659. The number of nitrogens with one attached hydrogen (secondary N) is 1. The molecule has 2 atom stereocenters. The second-order valence-electron chi connectivity index (χ2n) is 4.91. The molecule has 0 radical (unpaired) electrons. The number of nitrogens with zero attached hydrogens (tertiary/aromatic N) is 2. The van der Waals surface area contributed by atoms with Crippen LogP contribution in [0.15, 0.2) is 6.20 Å². The van der Waals surface area contributed by atoms with E-state index >= 15 is 0 Å². The van der Waals surface area contributed by atoms with Crippen molar-refractivity contribution in [1.82, 2.24) is 14.9 Å². The van der Waals surface area contributed by atoms with E-state index < -0.39 is 0 Å². The van der Waals surface area contributed by atoms with Crippen LogP contribution < -0.4 is 5.32 Å². The molecular weight excluding hydrogens is 186 g/mol. The molecule has 2 aliphatic heterocycles. The molecule has 3 nitrogen and oxygen atoms in total. The monoisotopic (exact) mass is 205 g/mol. The van der Waals surface area contributed by atoms with E-state index in [-0.39, 0.29) is 0 Å². The van der Waals surface area contributed by atoms with E-state index in [0.29, 0.717) is 12.0 Å². The van der Waals surface area contributed by atoms with E-state index in [2.05, 4.69) is 28.0 Å². The van der Waals surface area contributed by atoms with Gasteiger partial charge in [-0.2, -0.15) is 0 Å². The zero-order valence-corrected chi connectivity index (χ0v) is 9.37. The van der Waals surface area contributed by atoms with Crippen LogP contribution in [0.2, 0.25) is 0 Å². The van der Waals surface area contributed by atoms with Crippen LogP contribution in [-0.4, -0.2) is 22.6 Å². The molecule has 2 unspecified atom stereocenters. The summed E-state index contributed by atoms with van der Waals surface area (Å²) in [5.41, 5.74) is 1.45. The summed E-state index contributed by atoms with van der Waals surface area (Å²) >= 11 is 0. The lowest BCUT2D eigenvalue weighted by atomic mass is 10.0. The van der Waals surface area contributed by atoms with Gasteiger partial charge in [-0.1, -0.05) is 0 Å². The van der Waals surface area contributed by atoms with Crippen molar-refractivity contribution in [3.63, 3.8) is 0 Å². The molecule has 2 aliphatic rings. The average molecular weight is 205 g/mol. The normalized spacial score (nSPS) is 30.5. The van der Waals surface area contributed by atoms with Gasteiger partial charge in [0.05, 0.1) is 0 Å². The summed E-state index contributed by atoms with van der Waals surface area (Å²) in [6.07, 6.45) is 7.22. The van der Waals surface area contributed by atoms with Gasteiger partial charge in [-0.25, -0.2) is 4.98 Å². The SMILES string of the molecule is CC1CCCc2cnc(C3CCNC3)n21. The number of aryl methyl sites for hydroxylation is 1. The molecule has 82 valence electrons. The minimum atomic E-state index is 0.652. The summed E-state index contributed by atoms with van der Waals surface area (Å²) in [5, 5.41) is 3.43. The van der Waals surface area contributed by atoms with Gasteiger partial charge in [-0.15, -0.1) is 0 Å². The Kier molecular flexibility index (Phi) is 2.28. The number of hydrogen-bond acceptors (Lipinski definition) is 2. The Morgan fingerprint density at radius 2 is 2.40 bits per heavy atom. The number of imidazole rings is 1. The lowest BCUT2D eigenvalue weighted by Crippen LogP contribution is -2.20. The molecule has 1 aromatic rings. The molecule has 0 spiro atoms. The fraction of sp³-hybridized carbons (Fsp3) is 0.750. The smallest absolute Gasteiger partial charge is 0.113 e. The first kappa shape index (κ1) is 9.40. The van der Waals surface area contributed by atoms with Gasteiger partial charge in [0.25, 0.3) is 0 Å². The summed E-state index contributed by atoms with van der Waals surface area (Å²) in [5.74, 6) is 1.99. The van der Waals surface area contributed by atoms with Crippen molar-refractivity contribution in [1.29, 1.82) is 0 Å². The van der Waals surface area contributed by atoms with Crippen LogP contribution in [0, 0.1) is 0 Å². The van der Waals surface area contributed by atoms with Crippen LogP contribution in [0.4, 0.5) is 0 Å². The van der Waals surface area contributed by atoms with Gasteiger partial charge in [0, 0.05) is 30.4 Å². The standard InChI is InChI=1S/C12H19N3/c1-9-3-2-4-11-8-14-12(15(9)11)10-5-6-13-7-10/h8-10,13H,2-7H2,1H3.